The van der Waals surface area contributed by atoms with Crippen LogP contribution >= 0.6 is 0 Å². The van der Waals surface area contributed by atoms with E-state index in [9.17, 15) is 0 Å². The molecule has 3 rings (SSSR count). The van der Waals surface area contributed by atoms with Gasteiger partial charge in [0.25, 0.3) is 0 Å². The maximum atomic E-state index is 3.89. The zero-order valence-corrected chi connectivity index (χ0v) is 13.7. The third-order valence-corrected chi connectivity index (χ3v) is 5.06. The molecule has 0 saturated heterocycles. The van der Waals surface area contributed by atoms with Crippen molar-refractivity contribution >= 4 is 0 Å². The topological polar surface area (TPSA) is 12.0 Å². The quantitative estimate of drug-likeness (QED) is 0.753. The fraction of sp³-hybridized carbons (Fsp3) is 0.600. The molecule has 0 heterocycles. The van der Waals surface area contributed by atoms with E-state index in [1.165, 1.54) is 31.4 Å². The molecule has 2 aliphatic carbocycles. The highest BCUT2D eigenvalue weighted by Crippen LogP contribution is 2.43. The first kappa shape index (κ1) is 14.8. The summed E-state index contributed by atoms with van der Waals surface area (Å²) in [6.07, 6.45) is 8.88. The van der Waals surface area contributed by atoms with Crippen molar-refractivity contribution in [3.05, 3.63) is 48.0 Å². The number of rotatable bonds is 5. The normalized spacial score (nSPS) is 29.0. The van der Waals surface area contributed by atoms with Gasteiger partial charge in [0.05, 0.1) is 0 Å². The van der Waals surface area contributed by atoms with E-state index in [-0.39, 0.29) is 0 Å². The van der Waals surface area contributed by atoms with Crippen molar-refractivity contribution in [3.63, 3.8) is 0 Å². The Morgan fingerprint density at radius 1 is 1.10 bits per heavy atom. The highest BCUT2D eigenvalue weighted by Gasteiger charge is 2.35. The lowest BCUT2D eigenvalue weighted by Gasteiger charge is -2.29. The monoisotopic (exact) mass is 283 g/mol. The molecular weight excluding hydrogens is 254 g/mol. The fourth-order valence-electron chi connectivity index (χ4n) is 4.03. The van der Waals surface area contributed by atoms with Gasteiger partial charge in [-0.1, -0.05) is 63.3 Å². The van der Waals surface area contributed by atoms with Crippen molar-refractivity contribution in [1.82, 2.24) is 5.32 Å². The molecule has 0 amide bonds. The van der Waals surface area contributed by atoms with Crippen LogP contribution < -0.4 is 5.32 Å². The molecule has 21 heavy (non-hydrogen) atoms. The lowest BCUT2D eigenvalue weighted by atomic mass is 9.85. The minimum Gasteiger partial charge on any atom is -0.310 e. The van der Waals surface area contributed by atoms with Crippen molar-refractivity contribution in [2.24, 2.45) is 23.2 Å². The zero-order valence-electron chi connectivity index (χ0n) is 13.7. The van der Waals surface area contributed by atoms with Crippen LogP contribution in [0.25, 0.3) is 0 Å². The summed E-state index contributed by atoms with van der Waals surface area (Å²) < 4.78 is 0. The first-order chi connectivity index (χ1) is 10.0. The molecule has 0 aliphatic heterocycles. The van der Waals surface area contributed by atoms with Gasteiger partial charge in [-0.05, 0) is 54.5 Å². The van der Waals surface area contributed by atoms with E-state index in [2.05, 4.69) is 68.6 Å². The number of nitrogens with one attached hydrogen (secondary N) is 1. The molecule has 0 aromatic heterocycles. The molecule has 1 fully saturated rings. The molecule has 4 unspecified atom stereocenters. The third kappa shape index (κ3) is 3.77. The van der Waals surface area contributed by atoms with E-state index >= 15 is 0 Å². The van der Waals surface area contributed by atoms with Crippen LogP contribution in [0.2, 0.25) is 0 Å². The molecule has 0 spiro atoms. The van der Waals surface area contributed by atoms with E-state index < -0.39 is 0 Å². The summed E-state index contributed by atoms with van der Waals surface area (Å²) in [5, 5.41) is 3.89. The number of fused-ring (bicyclic) bond motifs is 2. The predicted molar refractivity (Wildman–Crippen MR) is 90.1 cm³/mol. The molecule has 1 nitrogen and oxygen atoms in total. The highest BCUT2D eigenvalue weighted by molar-refractivity contribution is 5.19. The summed E-state index contributed by atoms with van der Waals surface area (Å²) in [6, 6.07) is 11.4. The molecule has 1 N–H and O–H groups in total. The summed E-state index contributed by atoms with van der Waals surface area (Å²) >= 11 is 0. The van der Waals surface area contributed by atoms with E-state index in [4.69, 9.17) is 0 Å². The van der Waals surface area contributed by atoms with Crippen LogP contribution in [0, 0.1) is 23.2 Å². The fourth-order valence-corrected chi connectivity index (χ4v) is 4.03. The van der Waals surface area contributed by atoms with Gasteiger partial charge in [-0.2, -0.15) is 0 Å². The first-order valence-corrected chi connectivity index (χ1v) is 8.48. The average Bonchev–Trinajstić information content (AvgIpc) is 3.05. The minimum atomic E-state index is 0.349. The predicted octanol–water partition coefficient (Wildman–Crippen LogP) is 4.97. The van der Waals surface area contributed by atoms with Gasteiger partial charge in [-0.3, -0.25) is 0 Å². The Bertz CT molecular complexity index is 482. The molecular formula is C20H29N. The van der Waals surface area contributed by atoms with Gasteiger partial charge in [0.2, 0.25) is 0 Å². The van der Waals surface area contributed by atoms with Gasteiger partial charge in [-0.15, -0.1) is 0 Å². The van der Waals surface area contributed by atoms with E-state index in [1.807, 2.05) is 0 Å². The standard InChI is InChI=1S/C20H29N/c1-20(2,3)13-19(16-7-5-4-6-8-16)21-14-18-12-15-9-10-17(18)11-15/h4-10,15,17-19,21H,11-14H2,1-3H3. The summed E-state index contributed by atoms with van der Waals surface area (Å²) in [5.74, 6) is 2.57. The number of hydrogen-bond acceptors (Lipinski definition) is 1. The summed E-state index contributed by atoms with van der Waals surface area (Å²) in [5.41, 5.74) is 1.79. The Kier molecular flexibility index (Phi) is 4.21. The second-order valence-corrected chi connectivity index (χ2v) is 8.18. The SMILES string of the molecule is CC(C)(C)CC(NCC1CC2C=CC1C2)c1ccccc1. The lowest BCUT2D eigenvalue weighted by molar-refractivity contribution is 0.292. The number of allylic oxidation sites excluding steroid dienone is 2. The van der Waals surface area contributed by atoms with Gasteiger partial charge in [0.1, 0.15) is 0 Å². The second-order valence-electron chi connectivity index (χ2n) is 8.18. The highest BCUT2D eigenvalue weighted by atomic mass is 14.9. The van der Waals surface area contributed by atoms with Gasteiger partial charge >= 0.3 is 0 Å². The van der Waals surface area contributed by atoms with Crippen LogP contribution in [0.5, 0.6) is 0 Å². The van der Waals surface area contributed by atoms with Crippen molar-refractivity contribution in [2.75, 3.05) is 6.54 Å². The smallest absolute Gasteiger partial charge is 0.0325 e. The van der Waals surface area contributed by atoms with Crippen molar-refractivity contribution < 1.29 is 0 Å². The first-order valence-electron chi connectivity index (χ1n) is 8.48. The molecule has 1 saturated carbocycles. The van der Waals surface area contributed by atoms with Gasteiger partial charge in [-0.25, -0.2) is 0 Å². The molecule has 114 valence electrons. The summed E-state index contributed by atoms with van der Waals surface area (Å²) in [7, 11) is 0. The van der Waals surface area contributed by atoms with Crippen molar-refractivity contribution in [1.29, 1.82) is 0 Å². The van der Waals surface area contributed by atoms with Gasteiger partial charge < -0.3 is 5.32 Å². The zero-order chi connectivity index (χ0) is 14.9. The largest absolute Gasteiger partial charge is 0.310 e. The minimum absolute atomic E-state index is 0.349. The summed E-state index contributed by atoms with van der Waals surface area (Å²) in [6.45, 7) is 8.18. The maximum absolute atomic E-state index is 3.89. The van der Waals surface area contributed by atoms with Crippen LogP contribution in [0.1, 0.15) is 51.6 Å². The molecule has 1 aromatic carbocycles. The van der Waals surface area contributed by atoms with Crippen LogP contribution in [-0.2, 0) is 0 Å². The number of benzene rings is 1. The Balaban J connectivity index is 1.64. The Morgan fingerprint density at radius 3 is 2.43 bits per heavy atom. The van der Waals surface area contributed by atoms with Gasteiger partial charge in [0, 0.05) is 6.04 Å². The lowest BCUT2D eigenvalue weighted by Crippen LogP contribution is -2.31. The third-order valence-electron chi connectivity index (χ3n) is 5.06. The molecule has 1 aromatic rings. The molecule has 0 radical (unpaired) electrons. The molecule has 2 aliphatic rings. The van der Waals surface area contributed by atoms with Gasteiger partial charge in [0.15, 0.2) is 0 Å². The van der Waals surface area contributed by atoms with Crippen molar-refractivity contribution in [3.8, 4) is 0 Å². The van der Waals surface area contributed by atoms with Crippen LogP contribution in [0.4, 0.5) is 0 Å². The number of hydrogen-bond donors (Lipinski definition) is 1. The Labute approximate surface area is 129 Å². The van der Waals surface area contributed by atoms with Crippen LogP contribution in [0.15, 0.2) is 42.5 Å². The van der Waals surface area contributed by atoms with E-state index in [1.54, 1.807) is 0 Å². The molecule has 4 atom stereocenters. The average molecular weight is 283 g/mol. The van der Waals surface area contributed by atoms with E-state index in [0.717, 1.165) is 17.8 Å². The Hall–Kier alpha value is -1.08. The Morgan fingerprint density at radius 2 is 1.86 bits per heavy atom. The van der Waals surface area contributed by atoms with Crippen molar-refractivity contribution in [2.45, 2.75) is 46.1 Å². The van der Waals surface area contributed by atoms with Crippen LogP contribution in [-0.4, -0.2) is 6.54 Å². The van der Waals surface area contributed by atoms with Crippen LogP contribution in [0.3, 0.4) is 0 Å². The summed E-state index contributed by atoms with van der Waals surface area (Å²) in [4.78, 5) is 0. The molecule has 1 heteroatoms. The van der Waals surface area contributed by atoms with E-state index in [0.29, 0.717) is 11.5 Å². The second kappa shape index (κ2) is 5.96. The molecule has 2 bridgehead atoms. The maximum Gasteiger partial charge on any atom is 0.0325 e.